The highest BCUT2D eigenvalue weighted by Crippen LogP contribution is 2.41. The molecule has 0 saturated carbocycles. The van der Waals surface area contributed by atoms with E-state index in [4.69, 9.17) is 5.73 Å². The van der Waals surface area contributed by atoms with Crippen molar-refractivity contribution in [1.82, 2.24) is 19.6 Å². The first-order valence-corrected chi connectivity index (χ1v) is 13.4. The van der Waals surface area contributed by atoms with Crippen molar-refractivity contribution in [2.24, 2.45) is 5.73 Å². The number of aryl methyl sites for hydroxylation is 1. The van der Waals surface area contributed by atoms with Crippen LogP contribution in [0.3, 0.4) is 0 Å². The molecule has 0 radical (unpaired) electrons. The van der Waals surface area contributed by atoms with Crippen LogP contribution < -0.4 is 15.8 Å². The summed E-state index contributed by atoms with van der Waals surface area (Å²) in [6, 6.07) is 0.483. The van der Waals surface area contributed by atoms with Crippen LogP contribution in [0.5, 0.6) is 0 Å². The molecule has 1 fully saturated rings. The average molecular weight is 549 g/mol. The molecule has 2 aromatic rings. The van der Waals surface area contributed by atoms with Crippen molar-refractivity contribution in [2.45, 2.75) is 57.8 Å². The fraction of sp³-hybridized carbons (Fsp3) is 0.524. The summed E-state index contributed by atoms with van der Waals surface area (Å²) in [7, 11) is -3.56. The highest BCUT2D eigenvalue weighted by molar-refractivity contribution is 7.89. The number of urea groups is 1. The predicted octanol–water partition coefficient (Wildman–Crippen LogP) is 2.75. The van der Waals surface area contributed by atoms with Gasteiger partial charge in [-0.2, -0.15) is 13.2 Å². The maximum Gasteiger partial charge on any atom is 0.399 e. The van der Waals surface area contributed by atoms with E-state index in [0.29, 0.717) is 16.1 Å². The number of likely N-dealkylation sites (tertiary alicyclic amines) is 1. The van der Waals surface area contributed by atoms with Gasteiger partial charge in [-0.15, -0.1) is 0 Å². The standard InChI is InChI=1S/C21H27F3N6O4S2/c1-5-36(33,34)29-13-9-14(17(25)31)30(10-13)19(32)28-18-27-11(2)16(35-18)12-6-7-26-15(8-12)20(3,4)21(22,23)24/h6-8,13-14,29H,5,9-10H2,1-4H3,(H2,25,31)(H,27,28,32)/t13-,14+/m1/s1. The third kappa shape index (κ3) is 5.78. The molecule has 1 saturated heterocycles. The largest absolute Gasteiger partial charge is 0.399 e. The van der Waals surface area contributed by atoms with Gasteiger partial charge in [-0.1, -0.05) is 11.3 Å². The molecular formula is C21H27F3N6O4S2. The van der Waals surface area contributed by atoms with E-state index in [1.807, 2.05) is 0 Å². The molecule has 0 aromatic carbocycles. The average Bonchev–Trinajstić information content (AvgIpc) is 3.36. The van der Waals surface area contributed by atoms with Crippen molar-refractivity contribution in [3.8, 4) is 10.4 Å². The molecule has 2 aromatic heterocycles. The number of amides is 3. The van der Waals surface area contributed by atoms with Crippen molar-refractivity contribution < 1.29 is 31.2 Å². The Labute approximate surface area is 210 Å². The quantitative estimate of drug-likeness (QED) is 0.485. The van der Waals surface area contributed by atoms with Crippen LogP contribution in [0.25, 0.3) is 10.4 Å². The topological polar surface area (TPSA) is 147 Å². The molecule has 0 spiro atoms. The molecule has 15 heteroatoms. The molecule has 2 atom stereocenters. The van der Waals surface area contributed by atoms with Gasteiger partial charge in [0.15, 0.2) is 5.13 Å². The van der Waals surface area contributed by atoms with Gasteiger partial charge in [0.25, 0.3) is 0 Å². The van der Waals surface area contributed by atoms with Gasteiger partial charge in [0.05, 0.1) is 22.0 Å². The Morgan fingerprint density at radius 2 is 1.97 bits per heavy atom. The number of hydrogen-bond acceptors (Lipinski definition) is 7. The van der Waals surface area contributed by atoms with Gasteiger partial charge in [0.2, 0.25) is 15.9 Å². The van der Waals surface area contributed by atoms with Crippen molar-refractivity contribution in [2.75, 3.05) is 17.6 Å². The zero-order chi connectivity index (χ0) is 27.1. The first kappa shape index (κ1) is 27.8. The first-order chi connectivity index (χ1) is 16.6. The number of anilines is 1. The van der Waals surface area contributed by atoms with E-state index in [1.165, 1.54) is 19.2 Å². The maximum atomic E-state index is 13.5. The van der Waals surface area contributed by atoms with E-state index >= 15 is 0 Å². The lowest BCUT2D eigenvalue weighted by Crippen LogP contribution is -2.46. The lowest BCUT2D eigenvalue weighted by atomic mass is 9.87. The summed E-state index contributed by atoms with van der Waals surface area (Å²) in [5.74, 6) is -0.939. The monoisotopic (exact) mass is 548 g/mol. The normalized spacial score (nSPS) is 18.9. The molecule has 0 unspecified atom stereocenters. The summed E-state index contributed by atoms with van der Waals surface area (Å²) in [5, 5.41) is 2.73. The summed E-state index contributed by atoms with van der Waals surface area (Å²) in [4.78, 5) is 34.7. The Kier molecular flexibility index (Phi) is 7.67. The molecule has 36 heavy (non-hydrogen) atoms. The van der Waals surface area contributed by atoms with Gasteiger partial charge >= 0.3 is 12.2 Å². The number of nitrogens with one attached hydrogen (secondary N) is 2. The number of nitrogens with two attached hydrogens (primary N) is 1. The van der Waals surface area contributed by atoms with Gasteiger partial charge in [-0.05, 0) is 51.8 Å². The third-order valence-corrected chi connectivity index (χ3v) is 8.57. The Morgan fingerprint density at radius 1 is 1.31 bits per heavy atom. The molecule has 3 rings (SSSR count). The number of alkyl halides is 3. The molecule has 0 aliphatic carbocycles. The minimum Gasteiger partial charge on any atom is -0.368 e. The zero-order valence-corrected chi connectivity index (χ0v) is 21.6. The highest BCUT2D eigenvalue weighted by atomic mass is 32.2. The fourth-order valence-electron chi connectivity index (χ4n) is 3.69. The van der Waals surface area contributed by atoms with Crippen LogP contribution in [0.15, 0.2) is 18.3 Å². The number of pyridine rings is 1. The number of nitrogens with zero attached hydrogens (tertiary/aromatic N) is 3. The molecule has 10 nitrogen and oxygen atoms in total. The van der Waals surface area contributed by atoms with E-state index in [2.05, 4.69) is 20.0 Å². The van der Waals surface area contributed by atoms with E-state index < -0.39 is 45.6 Å². The zero-order valence-electron chi connectivity index (χ0n) is 20.0. The van der Waals surface area contributed by atoms with Gasteiger partial charge in [-0.3, -0.25) is 15.1 Å². The number of rotatable bonds is 7. The van der Waals surface area contributed by atoms with Crippen LogP contribution in [0.1, 0.15) is 38.6 Å². The minimum atomic E-state index is -4.50. The molecule has 3 amide bonds. The van der Waals surface area contributed by atoms with Crippen molar-refractivity contribution in [3.63, 3.8) is 0 Å². The molecule has 198 valence electrons. The Morgan fingerprint density at radius 3 is 2.56 bits per heavy atom. The molecule has 0 bridgehead atoms. The number of sulfonamides is 1. The van der Waals surface area contributed by atoms with E-state index in [0.717, 1.165) is 30.1 Å². The number of primary amides is 1. The Hall–Kier alpha value is -2.78. The summed E-state index contributed by atoms with van der Waals surface area (Å²) < 4.78 is 66.7. The van der Waals surface area contributed by atoms with Crippen molar-refractivity contribution >= 4 is 38.4 Å². The van der Waals surface area contributed by atoms with Crippen LogP contribution in [0.4, 0.5) is 23.1 Å². The third-order valence-electron chi connectivity index (χ3n) is 6.00. The van der Waals surface area contributed by atoms with Crippen LogP contribution in [0, 0.1) is 6.92 Å². The lowest BCUT2D eigenvalue weighted by Gasteiger charge is -2.27. The van der Waals surface area contributed by atoms with Crippen molar-refractivity contribution in [3.05, 3.63) is 29.7 Å². The summed E-state index contributed by atoms with van der Waals surface area (Å²) >= 11 is 1.04. The van der Waals surface area contributed by atoms with Gasteiger partial charge in [0, 0.05) is 18.8 Å². The molecular weight excluding hydrogens is 521 g/mol. The summed E-state index contributed by atoms with van der Waals surface area (Å²) in [6.45, 7) is 5.13. The summed E-state index contributed by atoms with van der Waals surface area (Å²) in [6.07, 6.45) is -3.19. The predicted molar refractivity (Wildman–Crippen MR) is 129 cm³/mol. The number of aromatic nitrogens is 2. The number of carbonyl (C=O) groups excluding carboxylic acids is 2. The minimum absolute atomic E-state index is 0.0267. The Balaban J connectivity index is 1.81. The SMILES string of the molecule is CCS(=O)(=O)N[C@@H]1C[C@@H](C(N)=O)N(C(=O)Nc2nc(C)c(-c3ccnc(C(C)(C)C(F)(F)F)c3)s2)C1. The van der Waals surface area contributed by atoms with Gasteiger partial charge in [0.1, 0.15) is 11.5 Å². The van der Waals surface area contributed by atoms with Crippen LogP contribution in [-0.4, -0.2) is 65.8 Å². The molecule has 1 aliphatic heterocycles. The van der Waals surface area contributed by atoms with Crippen LogP contribution >= 0.6 is 11.3 Å². The van der Waals surface area contributed by atoms with Crippen LogP contribution in [0.2, 0.25) is 0 Å². The maximum absolute atomic E-state index is 13.5. The second-order valence-corrected chi connectivity index (χ2v) is 12.0. The molecule has 4 N–H and O–H groups in total. The number of halogens is 3. The second kappa shape index (κ2) is 9.94. The van der Waals surface area contributed by atoms with Crippen molar-refractivity contribution in [1.29, 1.82) is 0 Å². The van der Waals surface area contributed by atoms with Gasteiger partial charge in [-0.25, -0.2) is 22.9 Å². The Bertz CT molecular complexity index is 1260. The smallest absolute Gasteiger partial charge is 0.368 e. The van der Waals surface area contributed by atoms with Crippen LogP contribution in [-0.2, 0) is 20.2 Å². The number of carbonyl (C=O) groups is 2. The van der Waals surface area contributed by atoms with E-state index in [9.17, 15) is 31.2 Å². The first-order valence-electron chi connectivity index (χ1n) is 10.9. The summed E-state index contributed by atoms with van der Waals surface area (Å²) in [5.41, 5.74) is 4.02. The fourth-order valence-corrected chi connectivity index (χ4v) is 5.49. The van der Waals surface area contributed by atoms with Gasteiger partial charge < -0.3 is 10.6 Å². The molecule has 1 aliphatic rings. The number of thiazole rings is 1. The molecule has 3 heterocycles. The van der Waals surface area contributed by atoms with E-state index in [-0.39, 0.29) is 29.5 Å². The number of hydrogen-bond donors (Lipinski definition) is 3. The van der Waals surface area contributed by atoms with E-state index in [1.54, 1.807) is 13.0 Å². The lowest BCUT2D eigenvalue weighted by molar-refractivity contribution is -0.181. The highest BCUT2D eigenvalue weighted by Gasteiger charge is 2.49. The second-order valence-electron chi connectivity index (χ2n) is 8.94.